The number of amides is 2. The third kappa shape index (κ3) is 7.39. The van der Waals surface area contributed by atoms with Crippen LogP contribution >= 0.6 is 58.2 Å². The molecule has 1 atom stereocenters. The van der Waals surface area contributed by atoms with Gasteiger partial charge in [0, 0.05) is 10.6 Å². The molecule has 4 aromatic rings. The van der Waals surface area contributed by atoms with E-state index in [0.717, 1.165) is 23.9 Å². The van der Waals surface area contributed by atoms with Crippen LogP contribution in [0.2, 0.25) is 20.1 Å². The van der Waals surface area contributed by atoms with E-state index < -0.39 is 61.6 Å². The van der Waals surface area contributed by atoms with Gasteiger partial charge in [0.1, 0.15) is 5.25 Å². The maximum Gasteiger partial charge on any atom is 0.418 e. The van der Waals surface area contributed by atoms with Gasteiger partial charge in [-0.1, -0.05) is 94.9 Å². The molecule has 0 saturated heterocycles. The first-order chi connectivity index (χ1) is 20.3. The number of carboxylic acid groups (broad SMARTS) is 1. The molecule has 222 valence electrons. The molecule has 0 saturated carbocycles. The largest absolute Gasteiger partial charge is 0.478 e. The van der Waals surface area contributed by atoms with E-state index in [1.165, 1.54) is 24.3 Å². The van der Waals surface area contributed by atoms with Gasteiger partial charge in [0.15, 0.2) is 0 Å². The van der Waals surface area contributed by atoms with E-state index in [-0.39, 0.29) is 15.7 Å². The third-order valence-corrected chi connectivity index (χ3v) is 8.93. The number of para-hydroxylation sites is 1. The average molecular weight is 688 g/mol. The van der Waals surface area contributed by atoms with Crippen LogP contribution < -0.4 is 10.6 Å². The Bertz CT molecular complexity index is 1720. The topological polar surface area (TPSA) is 95.5 Å². The summed E-state index contributed by atoms with van der Waals surface area (Å²) in [6.07, 6.45) is -4.69. The number of carbonyl (C=O) groups is 3. The van der Waals surface area contributed by atoms with Crippen molar-refractivity contribution in [1.29, 1.82) is 0 Å². The second-order valence-electron chi connectivity index (χ2n) is 8.73. The maximum absolute atomic E-state index is 13.5. The summed E-state index contributed by atoms with van der Waals surface area (Å²) < 4.78 is 40.6. The monoisotopic (exact) mass is 686 g/mol. The van der Waals surface area contributed by atoms with Crippen molar-refractivity contribution in [2.24, 2.45) is 0 Å². The summed E-state index contributed by atoms with van der Waals surface area (Å²) in [6.45, 7) is 0. The summed E-state index contributed by atoms with van der Waals surface area (Å²) in [6, 6.07) is 19.2. The highest BCUT2D eigenvalue weighted by atomic mass is 35.5. The molecule has 2 amide bonds. The molecule has 0 heterocycles. The minimum absolute atomic E-state index is 0.180. The molecule has 4 rings (SSSR count). The first-order valence-corrected chi connectivity index (χ1v) is 14.4. The summed E-state index contributed by atoms with van der Waals surface area (Å²) in [5, 5.41) is 12.0. The van der Waals surface area contributed by atoms with Crippen LogP contribution in [0, 0.1) is 0 Å². The second kappa shape index (κ2) is 13.5. The molecule has 0 fully saturated rings. The third-order valence-electron chi connectivity index (χ3n) is 5.88. The zero-order valence-electron chi connectivity index (χ0n) is 21.3. The van der Waals surface area contributed by atoms with E-state index in [9.17, 15) is 32.7 Å². The predicted octanol–water partition coefficient (Wildman–Crippen LogP) is 9.74. The van der Waals surface area contributed by atoms with Crippen LogP contribution in [-0.4, -0.2) is 22.9 Å². The Balaban J connectivity index is 1.64. The number of anilines is 2. The van der Waals surface area contributed by atoms with Gasteiger partial charge in [0.25, 0.3) is 5.91 Å². The molecule has 43 heavy (non-hydrogen) atoms. The Hall–Kier alpha value is -3.41. The highest BCUT2D eigenvalue weighted by molar-refractivity contribution is 8.00. The standard InChI is InChI=1S/C29H17Cl4F3N2O4S/c30-21-19(20(28(41)42)22(31)24(33)23(21)32)26(39)37-15-9-6-10-16(13-15)43-25(14-7-2-1-3-8-14)27(40)38-18-12-5-4-11-17(18)29(34,35)36/h1-13,25H,(H,37,39)(H,38,40)(H,41,42). The van der Waals surface area contributed by atoms with Gasteiger partial charge in [-0.3, -0.25) is 9.59 Å². The first kappa shape index (κ1) is 32.5. The number of nitrogens with one attached hydrogen (secondary N) is 2. The summed E-state index contributed by atoms with van der Waals surface area (Å²) >= 11 is 25.2. The molecule has 6 nitrogen and oxygen atoms in total. The lowest BCUT2D eigenvalue weighted by atomic mass is 10.1. The van der Waals surface area contributed by atoms with Gasteiger partial charge in [0.2, 0.25) is 5.91 Å². The van der Waals surface area contributed by atoms with Crippen molar-refractivity contribution in [2.75, 3.05) is 10.6 Å². The summed E-state index contributed by atoms with van der Waals surface area (Å²) in [5.74, 6) is -3.24. The maximum atomic E-state index is 13.5. The van der Waals surface area contributed by atoms with Crippen molar-refractivity contribution in [3.63, 3.8) is 0 Å². The molecule has 0 aliphatic rings. The molecule has 0 spiro atoms. The highest BCUT2D eigenvalue weighted by Crippen LogP contribution is 2.43. The molecule has 14 heteroatoms. The normalized spacial score (nSPS) is 12.0. The number of carbonyl (C=O) groups excluding carboxylic acids is 2. The lowest BCUT2D eigenvalue weighted by molar-refractivity contribution is -0.137. The van der Waals surface area contributed by atoms with Crippen LogP contribution in [0.15, 0.2) is 83.8 Å². The first-order valence-electron chi connectivity index (χ1n) is 12.0. The van der Waals surface area contributed by atoms with Gasteiger partial charge < -0.3 is 15.7 Å². The molecular formula is C29H17Cl4F3N2O4S. The SMILES string of the molecule is O=C(O)c1c(Cl)c(Cl)c(Cl)c(Cl)c1C(=O)Nc1cccc(SC(C(=O)Nc2ccccc2C(F)(F)F)c2ccccc2)c1. The molecule has 0 aromatic heterocycles. The lowest BCUT2D eigenvalue weighted by Crippen LogP contribution is -2.21. The minimum Gasteiger partial charge on any atom is -0.478 e. The summed E-state index contributed by atoms with van der Waals surface area (Å²) in [4.78, 5) is 38.9. The fourth-order valence-electron chi connectivity index (χ4n) is 3.96. The number of halogens is 7. The fourth-order valence-corrected chi connectivity index (χ4v) is 6.06. The Labute approximate surface area is 267 Å². The van der Waals surface area contributed by atoms with Gasteiger partial charge in [-0.05, 0) is 35.9 Å². The van der Waals surface area contributed by atoms with Gasteiger partial charge in [-0.25, -0.2) is 4.79 Å². The van der Waals surface area contributed by atoms with Gasteiger partial charge in [-0.2, -0.15) is 13.2 Å². The summed E-state index contributed by atoms with van der Waals surface area (Å²) in [7, 11) is 0. The number of rotatable bonds is 8. The van der Waals surface area contributed by atoms with Crippen LogP contribution in [0.4, 0.5) is 24.5 Å². The molecule has 4 aromatic carbocycles. The van der Waals surface area contributed by atoms with Crippen LogP contribution in [0.1, 0.15) is 37.1 Å². The number of hydrogen-bond donors (Lipinski definition) is 3. The Morgan fingerprint density at radius 1 is 0.744 bits per heavy atom. The van der Waals surface area contributed by atoms with Crippen LogP contribution in [0.25, 0.3) is 0 Å². The average Bonchev–Trinajstić information content (AvgIpc) is 2.96. The molecule has 0 radical (unpaired) electrons. The van der Waals surface area contributed by atoms with Crippen LogP contribution in [0.3, 0.4) is 0 Å². The summed E-state index contributed by atoms with van der Waals surface area (Å²) in [5.41, 5.74) is -1.87. The number of carboxylic acids is 1. The van der Waals surface area contributed by atoms with E-state index in [4.69, 9.17) is 46.4 Å². The smallest absolute Gasteiger partial charge is 0.418 e. The van der Waals surface area contributed by atoms with Gasteiger partial charge in [0.05, 0.1) is 42.5 Å². The Morgan fingerprint density at radius 3 is 1.98 bits per heavy atom. The van der Waals surface area contributed by atoms with Crippen molar-refractivity contribution in [1.82, 2.24) is 0 Å². The van der Waals surface area contributed by atoms with Crippen LogP contribution in [0.5, 0.6) is 0 Å². The van der Waals surface area contributed by atoms with Crippen molar-refractivity contribution in [3.8, 4) is 0 Å². The lowest BCUT2D eigenvalue weighted by Gasteiger charge is -2.20. The number of hydrogen-bond acceptors (Lipinski definition) is 4. The predicted molar refractivity (Wildman–Crippen MR) is 163 cm³/mol. The van der Waals surface area contributed by atoms with Crippen LogP contribution in [-0.2, 0) is 11.0 Å². The second-order valence-corrected chi connectivity index (χ2v) is 11.4. The number of alkyl halides is 3. The Kier molecular flexibility index (Phi) is 10.2. The van der Waals surface area contributed by atoms with E-state index in [1.807, 2.05) is 0 Å². The molecule has 1 unspecified atom stereocenters. The number of thioether (sulfide) groups is 1. The number of aromatic carboxylic acids is 1. The van der Waals surface area contributed by atoms with E-state index in [0.29, 0.717) is 10.5 Å². The Morgan fingerprint density at radius 2 is 1.35 bits per heavy atom. The van der Waals surface area contributed by atoms with Crippen molar-refractivity contribution < 1.29 is 32.7 Å². The zero-order valence-corrected chi connectivity index (χ0v) is 25.1. The van der Waals surface area contributed by atoms with Crippen molar-refractivity contribution in [3.05, 3.63) is 121 Å². The highest BCUT2D eigenvalue weighted by Gasteiger charge is 2.34. The molecule has 0 aliphatic carbocycles. The fraction of sp³-hybridized carbons (Fsp3) is 0.0690. The molecule has 0 bridgehead atoms. The van der Waals surface area contributed by atoms with E-state index >= 15 is 0 Å². The van der Waals surface area contributed by atoms with Crippen molar-refractivity contribution >= 4 is 87.3 Å². The van der Waals surface area contributed by atoms with Gasteiger partial charge >= 0.3 is 12.1 Å². The van der Waals surface area contributed by atoms with Gasteiger partial charge in [-0.15, -0.1) is 11.8 Å². The number of benzene rings is 4. The molecule has 0 aliphatic heterocycles. The van der Waals surface area contributed by atoms with E-state index in [1.54, 1.807) is 42.5 Å². The molecule has 3 N–H and O–H groups in total. The minimum atomic E-state index is -4.69. The quantitative estimate of drug-likeness (QED) is 0.0974. The molecular weight excluding hydrogens is 671 g/mol. The van der Waals surface area contributed by atoms with Crippen molar-refractivity contribution in [2.45, 2.75) is 16.3 Å². The zero-order chi connectivity index (χ0) is 31.5. The van der Waals surface area contributed by atoms with E-state index in [2.05, 4.69) is 10.6 Å².